The molecular formula is C17H26N2O3. The van der Waals surface area contributed by atoms with Gasteiger partial charge in [-0.15, -0.1) is 0 Å². The van der Waals surface area contributed by atoms with Gasteiger partial charge in [-0.3, -0.25) is 4.48 Å². The molecule has 22 heavy (non-hydrogen) atoms. The number of ether oxygens (including phenoxy) is 1. The van der Waals surface area contributed by atoms with E-state index in [9.17, 15) is 9.90 Å². The molecule has 1 amide bonds. The van der Waals surface area contributed by atoms with Crippen LogP contribution in [0.25, 0.3) is 0 Å². The maximum atomic E-state index is 11.9. The van der Waals surface area contributed by atoms with Crippen molar-refractivity contribution < 1.29 is 19.1 Å². The Morgan fingerprint density at radius 1 is 1.36 bits per heavy atom. The topological polar surface area (TPSA) is 75.4 Å². The van der Waals surface area contributed by atoms with Crippen LogP contribution in [0.15, 0.2) is 30.3 Å². The molecule has 5 nitrogen and oxygen atoms in total. The smallest absolute Gasteiger partial charge is 0.258 e. The Morgan fingerprint density at radius 3 is 2.55 bits per heavy atom. The molecule has 1 aliphatic heterocycles. The number of quaternary nitrogens is 1. The quantitative estimate of drug-likeness (QED) is 0.850. The van der Waals surface area contributed by atoms with Crippen LogP contribution in [-0.4, -0.2) is 41.4 Å². The molecule has 0 aromatic heterocycles. The highest BCUT2D eigenvalue weighted by molar-refractivity contribution is 5.55. The summed E-state index contributed by atoms with van der Waals surface area (Å²) in [7, 11) is 0. The summed E-state index contributed by atoms with van der Waals surface area (Å²) in [5, 5.41) is 11.9. The lowest BCUT2D eigenvalue weighted by Crippen LogP contribution is -2.71. The first-order chi connectivity index (χ1) is 10.3. The fraction of sp³-hybridized carbons (Fsp3) is 0.588. The predicted molar refractivity (Wildman–Crippen MR) is 82.8 cm³/mol. The van der Waals surface area contributed by atoms with Crippen molar-refractivity contribution in [3.8, 4) is 0 Å². The Balaban J connectivity index is 2.09. The van der Waals surface area contributed by atoms with E-state index in [2.05, 4.69) is 0 Å². The summed E-state index contributed by atoms with van der Waals surface area (Å²) in [5.74, 6) is 0. The van der Waals surface area contributed by atoms with E-state index >= 15 is 0 Å². The van der Waals surface area contributed by atoms with E-state index in [1.807, 2.05) is 51.1 Å². The molecule has 3 atom stereocenters. The maximum absolute atomic E-state index is 11.9. The van der Waals surface area contributed by atoms with E-state index in [4.69, 9.17) is 10.5 Å². The van der Waals surface area contributed by atoms with Gasteiger partial charge in [0.2, 0.25) is 0 Å². The van der Waals surface area contributed by atoms with Crippen molar-refractivity contribution in [2.24, 2.45) is 5.73 Å². The third-order valence-corrected chi connectivity index (χ3v) is 4.67. The second-order valence-electron chi connectivity index (χ2n) is 7.14. The molecule has 1 saturated heterocycles. The summed E-state index contributed by atoms with van der Waals surface area (Å²) in [5.41, 5.74) is 6.65. The Kier molecular flexibility index (Phi) is 4.90. The van der Waals surface area contributed by atoms with Gasteiger partial charge in [-0.25, -0.2) is 0 Å². The molecular weight excluding hydrogens is 280 g/mol. The first-order valence-corrected chi connectivity index (χ1v) is 7.74. The van der Waals surface area contributed by atoms with Gasteiger partial charge in [-0.2, -0.15) is 0 Å². The first kappa shape index (κ1) is 16.9. The largest absolute Gasteiger partial charge is 0.498 e. The van der Waals surface area contributed by atoms with E-state index in [-0.39, 0.29) is 16.6 Å². The number of likely N-dealkylation sites (tertiary alicyclic amines) is 1. The molecule has 1 unspecified atom stereocenters. The number of carbonyl (C=O) groups excluding carboxylic acids is 1. The molecule has 1 aromatic rings. The maximum Gasteiger partial charge on any atom is 0.258 e. The fourth-order valence-corrected chi connectivity index (χ4v) is 3.52. The van der Waals surface area contributed by atoms with Crippen LogP contribution < -0.4 is 10.8 Å². The van der Waals surface area contributed by atoms with Gasteiger partial charge in [0, 0.05) is 6.42 Å². The standard InChI is InChI=1S/C17H26N2O3/c1-17(2,3)19(16(20)21)10-14(18)9-15(19)12-22-11-13-7-5-4-6-8-13/h4-8,14-15H,9-12,18H2,1-3H3/t14-,15-,19?/m1/s1. The van der Waals surface area contributed by atoms with E-state index < -0.39 is 11.6 Å². The molecule has 1 fully saturated rings. The monoisotopic (exact) mass is 306 g/mol. The summed E-state index contributed by atoms with van der Waals surface area (Å²) in [4.78, 5) is 11.9. The van der Waals surface area contributed by atoms with Gasteiger partial charge in [-0.05, 0) is 26.3 Å². The van der Waals surface area contributed by atoms with Crippen LogP contribution in [0.3, 0.4) is 0 Å². The van der Waals surface area contributed by atoms with Crippen molar-refractivity contribution in [1.82, 2.24) is 0 Å². The molecule has 1 heterocycles. The van der Waals surface area contributed by atoms with E-state index in [1.54, 1.807) is 0 Å². The number of hydrogen-bond acceptors (Lipinski definition) is 4. The van der Waals surface area contributed by atoms with Gasteiger partial charge >= 0.3 is 0 Å². The zero-order valence-corrected chi connectivity index (χ0v) is 13.6. The molecule has 0 saturated carbocycles. The lowest BCUT2D eigenvalue weighted by Gasteiger charge is -2.49. The Bertz CT molecular complexity index is 512. The summed E-state index contributed by atoms with van der Waals surface area (Å²) in [6.07, 6.45) is -0.422. The molecule has 2 rings (SSSR count). The molecule has 1 aliphatic rings. The second kappa shape index (κ2) is 6.36. The molecule has 0 bridgehead atoms. The van der Waals surface area contributed by atoms with Gasteiger partial charge in [0.05, 0.1) is 24.8 Å². The predicted octanol–water partition coefficient (Wildman–Crippen LogP) is 1.26. The van der Waals surface area contributed by atoms with Crippen molar-refractivity contribution >= 4 is 6.09 Å². The molecule has 122 valence electrons. The van der Waals surface area contributed by atoms with Gasteiger partial charge in [-0.1, -0.05) is 30.3 Å². The zero-order chi connectivity index (χ0) is 16.4. The van der Waals surface area contributed by atoms with E-state index in [1.165, 1.54) is 0 Å². The normalized spacial score (nSPS) is 28.7. The van der Waals surface area contributed by atoms with Crippen LogP contribution in [0.2, 0.25) is 0 Å². The zero-order valence-electron chi connectivity index (χ0n) is 13.6. The van der Waals surface area contributed by atoms with Crippen molar-refractivity contribution in [2.45, 2.75) is 51.4 Å². The van der Waals surface area contributed by atoms with Gasteiger partial charge in [0.25, 0.3) is 6.09 Å². The van der Waals surface area contributed by atoms with Gasteiger partial charge in [0.1, 0.15) is 12.6 Å². The average molecular weight is 306 g/mol. The molecule has 5 heteroatoms. The van der Waals surface area contributed by atoms with Gasteiger partial charge < -0.3 is 20.4 Å². The molecule has 1 aromatic carbocycles. The highest BCUT2D eigenvalue weighted by Gasteiger charge is 2.54. The number of benzene rings is 1. The Morgan fingerprint density at radius 2 is 2.00 bits per heavy atom. The number of rotatable bonds is 4. The number of carboxylic acid groups (broad SMARTS) is 1. The Labute approximate surface area is 132 Å². The lowest BCUT2D eigenvalue weighted by molar-refractivity contribution is -0.930. The van der Waals surface area contributed by atoms with Crippen LogP contribution in [0.4, 0.5) is 4.79 Å². The molecule has 0 spiro atoms. The van der Waals surface area contributed by atoms with E-state index in [0.29, 0.717) is 26.2 Å². The van der Waals surface area contributed by atoms with E-state index in [0.717, 1.165) is 5.56 Å². The third-order valence-electron chi connectivity index (χ3n) is 4.67. The molecule has 0 aliphatic carbocycles. The summed E-state index contributed by atoms with van der Waals surface area (Å²) < 4.78 is 5.65. The number of amides is 1. The number of hydrogen-bond donors (Lipinski definition) is 1. The second-order valence-corrected chi connectivity index (χ2v) is 7.14. The van der Waals surface area contributed by atoms with Crippen LogP contribution in [0, 0.1) is 0 Å². The minimum atomic E-state index is -1.06. The minimum absolute atomic E-state index is 0.136. The lowest BCUT2D eigenvalue weighted by atomic mass is 10.00. The van der Waals surface area contributed by atoms with Crippen molar-refractivity contribution in [1.29, 1.82) is 0 Å². The van der Waals surface area contributed by atoms with Gasteiger partial charge in [0.15, 0.2) is 0 Å². The van der Waals surface area contributed by atoms with Crippen molar-refractivity contribution in [2.75, 3.05) is 13.2 Å². The molecule has 2 N–H and O–H groups in total. The summed E-state index contributed by atoms with van der Waals surface area (Å²) >= 11 is 0. The summed E-state index contributed by atoms with van der Waals surface area (Å²) in [6.45, 7) is 7.00. The summed E-state index contributed by atoms with van der Waals surface area (Å²) in [6, 6.07) is 9.54. The van der Waals surface area contributed by atoms with Crippen LogP contribution in [0.5, 0.6) is 0 Å². The Hall–Kier alpha value is -1.43. The van der Waals surface area contributed by atoms with Crippen LogP contribution >= 0.6 is 0 Å². The highest BCUT2D eigenvalue weighted by Crippen LogP contribution is 2.36. The third kappa shape index (κ3) is 3.16. The SMILES string of the molecule is CC(C)(C)[N+]1(C(=O)[O-])C[C@H](N)C[C@@H]1COCc1ccccc1. The van der Waals surface area contributed by atoms with Crippen LogP contribution in [0.1, 0.15) is 32.8 Å². The number of nitrogens with two attached hydrogens (primary N) is 1. The minimum Gasteiger partial charge on any atom is -0.498 e. The van der Waals surface area contributed by atoms with Crippen LogP contribution in [-0.2, 0) is 11.3 Å². The number of carbonyl (C=O) groups is 1. The highest BCUT2D eigenvalue weighted by atomic mass is 16.5. The number of nitrogens with zero attached hydrogens (tertiary/aromatic N) is 1. The fourth-order valence-electron chi connectivity index (χ4n) is 3.52. The first-order valence-electron chi connectivity index (χ1n) is 7.74. The van der Waals surface area contributed by atoms with Crippen molar-refractivity contribution in [3.63, 3.8) is 0 Å². The molecule has 0 radical (unpaired) electrons. The van der Waals surface area contributed by atoms with Crippen molar-refractivity contribution in [3.05, 3.63) is 35.9 Å². The average Bonchev–Trinajstić information content (AvgIpc) is 2.78.